The molecule has 0 fully saturated rings. The van der Waals surface area contributed by atoms with Crippen LogP contribution >= 0.6 is 11.8 Å². The van der Waals surface area contributed by atoms with Crippen molar-refractivity contribution in [3.63, 3.8) is 0 Å². The van der Waals surface area contributed by atoms with Crippen molar-refractivity contribution in [3.05, 3.63) is 12.5 Å². The minimum atomic E-state index is 0.200. The van der Waals surface area contributed by atoms with Gasteiger partial charge in [-0.15, -0.1) is 10.2 Å². The molecule has 3 rings (SSSR count). The van der Waals surface area contributed by atoms with E-state index in [-0.39, 0.29) is 5.95 Å². The van der Waals surface area contributed by atoms with Crippen LogP contribution < -0.4 is 5.73 Å². The fourth-order valence-electron chi connectivity index (χ4n) is 1.35. The fourth-order valence-corrected chi connectivity index (χ4v) is 2.20. The average molecular weight is 248 g/mol. The Balaban J connectivity index is 2.11. The van der Waals surface area contributed by atoms with Crippen LogP contribution in [0.3, 0.4) is 0 Å². The number of fused-ring (bicyclic) bond motifs is 1. The summed E-state index contributed by atoms with van der Waals surface area (Å²) >= 11 is 1.37. The van der Waals surface area contributed by atoms with E-state index in [0.29, 0.717) is 10.7 Å². The SMILES string of the molecule is Cn1cnnc1Sc1nc(N)nc2[nH]ncc12. The van der Waals surface area contributed by atoms with Crippen molar-refractivity contribution < 1.29 is 0 Å². The van der Waals surface area contributed by atoms with Gasteiger partial charge in [-0.05, 0) is 11.8 Å². The molecule has 0 aliphatic carbocycles. The summed E-state index contributed by atoms with van der Waals surface area (Å²) in [5, 5.41) is 16.7. The quantitative estimate of drug-likeness (QED) is 0.624. The van der Waals surface area contributed by atoms with Crippen LogP contribution in [0.5, 0.6) is 0 Å². The summed E-state index contributed by atoms with van der Waals surface area (Å²) in [6, 6.07) is 0. The number of nitrogens with zero attached hydrogens (tertiary/aromatic N) is 6. The topological polar surface area (TPSA) is 111 Å². The predicted molar refractivity (Wildman–Crippen MR) is 61.2 cm³/mol. The average Bonchev–Trinajstić information content (AvgIpc) is 2.88. The van der Waals surface area contributed by atoms with E-state index < -0.39 is 0 Å². The van der Waals surface area contributed by atoms with Gasteiger partial charge in [0.15, 0.2) is 10.8 Å². The second kappa shape index (κ2) is 3.70. The molecule has 9 heteroatoms. The Morgan fingerprint density at radius 2 is 2.29 bits per heavy atom. The summed E-state index contributed by atoms with van der Waals surface area (Å²) in [5.74, 6) is 0.200. The Hall–Kier alpha value is -2.16. The maximum Gasteiger partial charge on any atom is 0.223 e. The van der Waals surface area contributed by atoms with Crippen LogP contribution in [0, 0.1) is 0 Å². The molecular formula is C8H8N8S. The van der Waals surface area contributed by atoms with Gasteiger partial charge < -0.3 is 10.3 Å². The zero-order valence-electron chi connectivity index (χ0n) is 8.82. The summed E-state index contributed by atoms with van der Waals surface area (Å²) in [5.41, 5.74) is 6.24. The monoisotopic (exact) mass is 248 g/mol. The van der Waals surface area contributed by atoms with Crippen LogP contribution in [0.15, 0.2) is 22.7 Å². The maximum atomic E-state index is 5.62. The van der Waals surface area contributed by atoms with Crippen molar-refractivity contribution in [1.29, 1.82) is 0 Å². The van der Waals surface area contributed by atoms with E-state index in [0.717, 1.165) is 10.5 Å². The van der Waals surface area contributed by atoms with E-state index in [2.05, 4.69) is 30.4 Å². The lowest BCUT2D eigenvalue weighted by Crippen LogP contribution is -1.97. The molecule has 0 aliphatic rings. The predicted octanol–water partition coefficient (Wildman–Crippen LogP) is 0.215. The smallest absolute Gasteiger partial charge is 0.223 e. The van der Waals surface area contributed by atoms with Crippen LogP contribution in [0.2, 0.25) is 0 Å². The number of rotatable bonds is 2. The lowest BCUT2D eigenvalue weighted by molar-refractivity contribution is 0.787. The first-order chi connectivity index (χ1) is 8.24. The van der Waals surface area contributed by atoms with E-state index in [1.54, 1.807) is 17.1 Å². The molecule has 8 nitrogen and oxygen atoms in total. The number of nitrogens with two attached hydrogens (primary N) is 1. The van der Waals surface area contributed by atoms with Gasteiger partial charge in [-0.2, -0.15) is 10.1 Å². The highest BCUT2D eigenvalue weighted by atomic mass is 32.2. The minimum absolute atomic E-state index is 0.200. The molecule has 0 spiro atoms. The lowest BCUT2D eigenvalue weighted by Gasteiger charge is -2.01. The highest BCUT2D eigenvalue weighted by Crippen LogP contribution is 2.29. The van der Waals surface area contributed by atoms with E-state index in [4.69, 9.17) is 5.73 Å². The lowest BCUT2D eigenvalue weighted by atomic mass is 10.4. The molecule has 0 atom stereocenters. The van der Waals surface area contributed by atoms with Gasteiger partial charge in [0.05, 0.1) is 11.6 Å². The summed E-state index contributed by atoms with van der Waals surface area (Å²) in [6.45, 7) is 0. The molecule has 3 heterocycles. The van der Waals surface area contributed by atoms with E-state index in [9.17, 15) is 0 Å². The first-order valence-electron chi connectivity index (χ1n) is 4.72. The molecule has 0 saturated heterocycles. The Kier molecular flexibility index (Phi) is 2.18. The van der Waals surface area contributed by atoms with Crippen molar-refractivity contribution in [3.8, 4) is 0 Å². The number of anilines is 1. The second-order valence-electron chi connectivity index (χ2n) is 3.35. The molecule has 86 valence electrons. The van der Waals surface area contributed by atoms with Crippen LogP contribution in [0.1, 0.15) is 0 Å². The van der Waals surface area contributed by atoms with Gasteiger partial charge in [0.1, 0.15) is 11.4 Å². The first kappa shape index (κ1) is 10.0. The summed E-state index contributed by atoms with van der Waals surface area (Å²) in [7, 11) is 1.86. The Morgan fingerprint density at radius 3 is 3.06 bits per heavy atom. The summed E-state index contributed by atoms with van der Waals surface area (Å²) in [4.78, 5) is 8.22. The molecule has 17 heavy (non-hydrogen) atoms. The standard InChI is InChI=1S/C8H8N8S/c1-16-3-11-15-8(16)17-6-4-2-10-14-5(4)12-7(9)13-6/h2-3H,1H3,(H3,9,10,12,13,14). The molecule has 0 radical (unpaired) electrons. The summed E-state index contributed by atoms with van der Waals surface area (Å²) < 4.78 is 1.80. The number of aromatic amines is 1. The molecule has 0 aliphatic heterocycles. The number of aryl methyl sites for hydroxylation is 1. The zero-order chi connectivity index (χ0) is 11.8. The first-order valence-corrected chi connectivity index (χ1v) is 5.54. The number of nitrogens with one attached hydrogen (secondary N) is 1. The highest BCUT2D eigenvalue weighted by Gasteiger charge is 2.12. The highest BCUT2D eigenvalue weighted by molar-refractivity contribution is 7.99. The Morgan fingerprint density at radius 1 is 1.41 bits per heavy atom. The van der Waals surface area contributed by atoms with Gasteiger partial charge in [0, 0.05) is 7.05 Å². The number of nitrogen functional groups attached to an aromatic ring is 1. The molecule has 0 saturated carbocycles. The van der Waals surface area contributed by atoms with Crippen LogP contribution in [0.4, 0.5) is 5.95 Å². The van der Waals surface area contributed by atoms with Gasteiger partial charge in [-0.25, -0.2) is 4.98 Å². The van der Waals surface area contributed by atoms with Gasteiger partial charge in [-0.3, -0.25) is 5.10 Å². The van der Waals surface area contributed by atoms with Crippen molar-refractivity contribution in [2.24, 2.45) is 7.05 Å². The number of H-pyrrole nitrogens is 1. The molecular weight excluding hydrogens is 240 g/mol. The molecule has 0 unspecified atom stereocenters. The molecule has 3 aromatic rings. The van der Waals surface area contributed by atoms with Crippen LogP contribution in [-0.2, 0) is 7.05 Å². The largest absolute Gasteiger partial charge is 0.368 e. The number of hydrogen-bond donors (Lipinski definition) is 2. The molecule has 0 bridgehead atoms. The van der Waals surface area contributed by atoms with Crippen LogP contribution in [0.25, 0.3) is 11.0 Å². The minimum Gasteiger partial charge on any atom is -0.368 e. The fraction of sp³-hybridized carbons (Fsp3) is 0.125. The Labute approximate surface area is 99.7 Å². The van der Waals surface area contributed by atoms with Crippen LogP contribution in [-0.4, -0.2) is 34.9 Å². The van der Waals surface area contributed by atoms with Gasteiger partial charge in [0.25, 0.3) is 0 Å². The van der Waals surface area contributed by atoms with Crippen molar-refractivity contribution in [2.75, 3.05) is 5.73 Å². The van der Waals surface area contributed by atoms with E-state index >= 15 is 0 Å². The molecule has 3 N–H and O–H groups in total. The molecule has 3 aromatic heterocycles. The third-order valence-electron chi connectivity index (χ3n) is 2.15. The van der Waals surface area contributed by atoms with Crippen molar-refractivity contribution >= 4 is 28.7 Å². The molecule has 0 amide bonds. The van der Waals surface area contributed by atoms with E-state index in [1.807, 2.05) is 7.05 Å². The van der Waals surface area contributed by atoms with Gasteiger partial charge in [-0.1, -0.05) is 0 Å². The Bertz CT molecular complexity index is 671. The maximum absolute atomic E-state index is 5.62. The zero-order valence-corrected chi connectivity index (χ0v) is 9.64. The third-order valence-corrected chi connectivity index (χ3v) is 3.21. The summed E-state index contributed by atoms with van der Waals surface area (Å²) in [6.07, 6.45) is 3.28. The third kappa shape index (κ3) is 1.69. The van der Waals surface area contributed by atoms with Gasteiger partial charge in [0.2, 0.25) is 5.95 Å². The van der Waals surface area contributed by atoms with E-state index in [1.165, 1.54) is 11.8 Å². The van der Waals surface area contributed by atoms with Crippen molar-refractivity contribution in [2.45, 2.75) is 10.2 Å². The second-order valence-corrected chi connectivity index (χ2v) is 4.30. The number of aromatic nitrogens is 7. The molecule has 0 aromatic carbocycles. The normalized spacial score (nSPS) is 11.1. The number of hydrogen-bond acceptors (Lipinski definition) is 7. The van der Waals surface area contributed by atoms with Gasteiger partial charge >= 0.3 is 0 Å². The van der Waals surface area contributed by atoms with Crippen molar-refractivity contribution in [1.82, 2.24) is 34.9 Å².